The van der Waals surface area contributed by atoms with Crippen LogP contribution in [0.3, 0.4) is 0 Å². The first-order valence-corrected chi connectivity index (χ1v) is 6.29. The molecule has 0 spiro atoms. The SMILES string of the molecule is CC(C)C(C)NC(=O)COCC1CNCCO1. The quantitative estimate of drug-likeness (QED) is 0.698. The summed E-state index contributed by atoms with van der Waals surface area (Å²) >= 11 is 0. The zero-order valence-electron chi connectivity index (χ0n) is 11.0. The van der Waals surface area contributed by atoms with E-state index in [1.807, 2.05) is 6.92 Å². The molecule has 0 aromatic rings. The van der Waals surface area contributed by atoms with Crippen LogP contribution < -0.4 is 10.6 Å². The molecule has 0 radical (unpaired) electrons. The Morgan fingerprint density at radius 1 is 1.53 bits per heavy atom. The average Bonchev–Trinajstić information content (AvgIpc) is 2.30. The van der Waals surface area contributed by atoms with Gasteiger partial charge in [0, 0.05) is 19.1 Å². The Morgan fingerprint density at radius 3 is 2.88 bits per heavy atom. The maximum absolute atomic E-state index is 11.5. The fourth-order valence-electron chi connectivity index (χ4n) is 1.47. The van der Waals surface area contributed by atoms with E-state index < -0.39 is 0 Å². The number of rotatable bonds is 6. The van der Waals surface area contributed by atoms with Crippen molar-refractivity contribution in [3.05, 3.63) is 0 Å². The van der Waals surface area contributed by atoms with Crippen LogP contribution >= 0.6 is 0 Å². The third kappa shape index (κ3) is 6.00. The predicted octanol–water partition coefficient (Wildman–Crippen LogP) is 0.152. The fraction of sp³-hybridized carbons (Fsp3) is 0.917. The summed E-state index contributed by atoms with van der Waals surface area (Å²) in [6.45, 7) is 9.13. The normalized spacial score (nSPS) is 22.5. The van der Waals surface area contributed by atoms with Crippen LogP contribution in [0.25, 0.3) is 0 Å². The summed E-state index contributed by atoms with van der Waals surface area (Å²) in [5.41, 5.74) is 0. The highest BCUT2D eigenvalue weighted by Gasteiger charge is 2.15. The molecule has 1 amide bonds. The van der Waals surface area contributed by atoms with Gasteiger partial charge in [-0.2, -0.15) is 0 Å². The molecule has 0 aromatic carbocycles. The van der Waals surface area contributed by atoms with Crippen LogP contribution in [0.4, 0.5) is 0 Å². The summed E-state index contributed by atoms with van der Waals surface area (Å²) in [7, 11) is 0. The van der Waals surface area contributed by atoms with Crippen LogP contribution in [-0.4, -0.2) is 51.0 Å². The van der Waals surface area contributed by atoms with Gasteiger partial charge in [0.1, 0.15) is 6.61 Å². The van der Waals surface area contributed by atoms with Crippen LogP contribution in [0, 0.1) is 5.92 Å². The molecule has 0 bridgehead atoms. The van der Waals surface area contributed by atoms with E-state index in [4.69, 9.17) is 9.47 Å². The van der Waals surface area contributed by atoms with Gasteiger partial charge in [-0.1, -0.05) is 13.8 Å². The lowest BCUT2D eigenvalue weighted by molar-refractivity contribution is -0.128. The molecule has 1 fully saturated rings. The number of amides is 1. The number of nitrogens with one attached hydrogen (secondary N) is 2. The summed E-state index contributed by atoms with van der Waals surface area (Å²) in [4.78, 5) is 11.5. The first-order chi connectivity index (χ1) is 8.09. The van der Waals surface area contributed by atoms with Crippen molar-refractivity contribution in [3.63, 3.8) is 0 Å². The Balaban J connectivity index is 2.07. The molecular formula is C12H24N2O3. The zero-order valence-corrected chi connectivity index (χ0v) is 11.0. The van der Waals surface area contributed by atoms with Gasteiger partial charge in [0.15, 0.2) is 0 Å². The van der Waals surface area contributed by atoms with Crippen molar-refractivity contribution >= 4 is 5.91 Å². The summed E-state index contributed by atoms with van der Waals surface area (Å²) in [5.74, 6) is 0.375. The second kappa shape index (κ2) is 7.63. The van der Waals surface area contributed by atoms with Crippen molar-refractivity contribution in [2.24, 2.45) is 5.92 Å². The van der Waals surface area contributed by atoms with E-state index in [0.29, 0.717) is 19.1 Å². The van der Waals surface area contributed by atoms with Crippen LogP contribution in [0.5, 0.6) is 0 Å². The molecule has 0 aliphatic carbocycles. The lowest BCUT2D eigenvalue weighted by atomic mass is 10.1. The second-order valence-electron chi connectivity index (χ2n) is 4.81. The van der Waals surface area contributed by atoms with Gasteiger partial charge >= 0.3 is 0 Å². The van der Waals surface area contributed by atoms with Gasteiger partial charge in [-0.05, 0) is 12.8 Å². The topological polar surface area (TPSA) is 59.6 Å². The smallest absolute Gasteiger partial charge is 0.246 e. The molecule has 0 aromatic heterocycles. The van der Waals surface area contributed by atoms with Crippen LogP contribution in [0.1, 0.15) is 20.8 Å². The van der Waals surface area contributed by atoms with E-state index in [-0.39, 0.29) is 24.7 Å². The predicted molar refractivity (Wildman–Crippen MR) is 65.9 cm³/mol. The van der Waals surface area contributed by atoms with E-state index in [1.165, 1.54) is 0 Å². The standard InChI is InChI=1S/C12H24N2O3/c1-9(2)10(3)14-12(15)8-16-7-11-6-13-4-5-17-11/h9-11,13H,4-8H2,1-3H3,(H,14,15). The summed E-state index contributed by atoms with van der Waals surface area (Å²) in [6.07, 6.45) is 0.0686. The molecule has 2 atom stereocenters. The molecule has 1 aliphatic rings. The van der Waals surface area contributed by atoms with Gasteiger partial charge in [-0.25, -0.2) is 0 Å². The maximum atomic E-state index is 11.5. The molecule has 100 valence electrons. The van der Waals surface area contributed by atoms with Crippen LogP contribution in [-0.2, 0) is 14.3 Å². The molecule has 1 aliphatic heterocycles. The van der Waals surface area contributed by atoms with Crippen molar-refractivity contribution in [2.75, 3.05) is 32.9 Å². The largest absolute Gasteiger partial charge is 0.373 e. The third-order valence-electron chi connectivity index (χ3n) is 2.93. The molecular weight excluding hydrogens is 220 g/mol. The lowest BCUT2D eigenvalue weighted by Crippen LogP contribution is -2.42. The van der Waals surface area contributed by atoms with Gasteiger partial charge in [0.05, 0.1) is 19.3 Å². The highest BCUT2D eigenvalue weighted by Crippen LogP contribution is 2.00. The Bertz CT molecular complexity index is 228. The van der Waals surface area contributed by atoms with Crippen molar-refractivity contribution in [2.45, 2.75) is 32.9 Å². The lowest BCUT2D eigenvalue weighted by Gasteiger charge is -2.23. The van der Waals surface area contributed by atoms with Gasteiger partial charge in [-0.15, -0.1) is 0 Å². The molecule has 1 rings (SSSR count). The monoisotopic (exact) mass is 244 g/mol. The van der Waals surface area contributed by atoms with Crippen molar-refractivity contribution in [1.82, 2.24) is 10.6 Å². The highest BCUT2D eigenvalue weighted by atomic mass is 16.5. The van der Waals surface area contributed by atoms with E-state index in [2.05, 4.69) is 24.5 Å². The van der Waals surface area contributed by atoms with E-state index in [0.717, 1.165) is 13.1 Å². The Labute approximate surface area is 103 Å². The van der Waals surface area contributed by atoms with Gasteiger partial charge in [0.2, 0.25) is 5.91 Å². The second-order valence-corrected chi connectivity index (χ2v) is 4.81. The molecule has 1 saturated heterocycles. The van der Waals surface area contributed by atoms with Crippen molar-refractivity contribution in [3.8, 4) is 0 Å². The molecule has 5 heteroatoms. The van der Waals surface area contributed by atoms with Gasteiger partial charge in [0.25, 0.3) is 0 Å². The molecule has 2 N–H and O–H groups in total. The number of morpholine rings is 1. The number of carbonyl (C=O) groups is 1. The number of hydrogen-bond donors (Lipinski definition) is 2. The van der Waals surface area contributed by atoms with Gasteiger partial charge < -0.3 is 20.1 Å². The van der Waals surface area contributed by atoms with Crippen LogP contribution in [0.2, 0.25) is 0 Å². The molecule has 0 saturated carbocycles. The van der Waals surface area contributed by atoms with Crippen molar-refractivity contribution < 1.29 is 14.3 Å². The number of ether oxygens (including phenoxy) is 2. The number of hydrogen-bond acceptors (Lipinski definition) is 4. The Morgan fingerprint density at radius 2 is 2.29 bits per heavy atom. The minimum Gasteiger partial charge on any atom is -0.373 e. The molecule has 2 unspecified atom stereocenters. The Kier molecular flexibility index (Phi) is 6.47. The van der Waals surface area contributed by atoms with Crippen molar-refractivity contribution in [1.29, 1.82) is 0 Å². The highest BCUT2D eigenvalue weighted by molar-refractivity contribution is 5.77. The van der Waals surface area contributed by atoms with Crippen LogP contribution in [0.15, 0.2) is 0 Å². The maximum Gasteiger partial charge on any atom is 0.246 e. The van der Waals surface area contributed by atoms with E-state index >= 15 is 0 Å². The molecule has 1 heterocycles. The minimum absolute atomic E-state index is 0.0602. The summed E-state index contributed by atoms with van der Waals surface area (Å²) in [5, 5.41) is 6.11. The minimum atomic E-state index is -0.0602. The Hall–Kier alpha value is -0.650. The third-order valence-corrected chi connectivity index (χ3v) is 2.93. The van der Waals surface area contributed by atoms with Gasteiger partial charge in [-0.3, -0.25) is 4.79 Å². The summed E-state index contributed by atoms with van der Waals surface area (Å²) in [6, 6.07) is 0.179. The zero-order chi connectivity index (χ0) is 12.7. The number of carbonyl (C=O) groups excluding carboxylic acids is 1. The first kappa shape index (κ1) is 14.4. The molecule has 17 heavy (non-hydrogen) atoms. The summed E-state index contributed by atoms with van der Waals surface area (Å²) < 4.78 is 10.8. The van der Waals surface area contributed by atoms with E-state index in [1.54, 1.807) is 0 Å². The molecule has 5 nitrogen and oxygen atoms in total. The average molecular weight is 244 g/mol. The fourth-order valence-corrected chi connectivity index (χ4v) is 1.47. The van der Waals surface area contributed by atoms with E-state index in [9.17, 15) is 4.79 Å². The first-order valence-electron chi connectivity index (χ1n) is 6.29.